The van der Waals surface area contributed by atoms with E-state index in [9.17, 15) is 4.79 Å². The Bertz CT molecular complexity index is 375. The highest BCUT2D eigenvalue weighted by Gasteiger charge is 2.21. The van der Waals surface area contributed by atoms with Crippen molar-refractivity contribution in [3.8, 4) is 0 Å². The number of carboxylic acids is 1. The molecule has 0 aromatic carbocycles. The summed E-state index contributed by atoms with van der Waals surface area (Å²) in [6, 6.07) is 0.817. The van der Waals surface area contributed by atoms with E-state index in [1.165, 1.54) is 6.07 Å². The average Bonchev–Trinajstić information content (AvgIpc) is 2.11. The number of halogens is 1. The molecule has 0 aliphatic carbocycles. The molecule has 0 aliphatic heterocycles. The van der Waals surface area contributed by atoms with Gasteiger partial charge in [-0.1, -0.05) is 25.4 Å². The summed E-state index contributed by atoms with van der Waals surface area (Å²) in [5, 5.41) is 12.1. The molecule has 16 heavy (non-hydrogen) atoms. The first kappa shape index (κ1) is 12.7. The topological polar surface area (TPSA) is 75.1 Å². The number of hydrogen-bond acceptors (Lipinski definition) is 4. The van der Waals surface area contributed by atoms with Crippen molar-refractivity contribution < 1.29 is 9.90 Å². The Morgan fingerprint density at radius 3 is 2.56 bits per heavy atom. The zero-order valence-electron chi connectivity index (χ0n) is 9.36. The smallest absolute Gasteiger partial charge is 0.326 e. The SMILES string of the molecule is Cc1nc(Cl)cc(N[C@@H](C(=O)O)C(C)C)n1. The van der Waals surface area contributed by atoms with Crippen molar-refractivity contribution in [2.45, 2.75) is 26.8 Å². The Morgan fingerprint density at radius 1 is 1.50 bits per heavy atom. The molecule has 0 bridgehead atoms. The lowest BCUT2D eigenvalue weighted by Gasteiger charge is -2.18. The molecular formula is C10H14ClN3O2. The molecule has 88 valence electrons. The van der Waals surface area contributed by atoms with E-state index in [0.29, 0.717) is 16.8 Å². The van der Waals surface area contributed by atoms with E-state index in [1.54, 1.807) is 6.92 Å². The minimum Gasteiger partial charge on any atom is -0.480 e. The van der Waals surface area contributed by atoms with Crippen LogP contribution in [0.15, 0.2) is 6.07 Å². The molecule has 2 N–H and O–H groups in total. The third kappa shape index (κ3) is 3.34. The fraction of sp³-hybridized carbons (Fsp3) is 0.500. The molecular weight excluding hydrogens is 230 g/mol. The summed E-state index contributed by atoms with van der Waals surface area (Å²) < 4.78 is 0. The highest BCUT2D eigenvalue weighted by atomic mass is 35.5. The summed E-state index contributed by atoms with van der Waals surface area (Å²) in [4.78, 5) is 18.9. The molecule has 0 unspecified atom stereocenters. The lowest BCUT2D eigenvalue weighted by molar-refractivity contribution is -0.138. The maximum Gasteiger partial charge on any atom is 0.326 e. The van der Waals surface area contributed by atoms with Crippen molar-refractivity contribution in [3.63, 3.8) is 0 Å². The van der Waals surface area contributed by atoms with Crippen LogP contribution in [0.4, 0.5) is 5.82 Å². The molecule has 1 rings (SSSR count). The number of rotatable bonds is 4. The second kappa shape index (κ2) is 5.12. The van der Waals surface area contributed by atoms with Crippen LogP contribution in [0.5, 0.6) is 0 Å². The van der Waals surface area contributed by atoms with Crippen molar-refractivity contribution in [1.82, 2.24) is 9.97 Å². The van der Waals surface area contributed by atoms with Crippen molar-refractivity contribution in [2.24, 2.45) is 5.92 Å². The zero-order valence-corrected chi connectivity index (χ0v) is 10.1. The first-order valence-electron chi connectivity index (χ1n) is 4.90. The molecule has 0 aliphatic rings. The summed E-state index contributed by atoms with van der Waals surface area (Å²) in [6.07, 6.45) is 0. The van der Waals surface area contributed by atoms with E-state index in [1.807, 2.05) is 13.8 Å². The average molecular weight is 244 g/mol. The van der Waals surface area contributed by atoms with Crippen molar-refractivity contribution in [3.05, 3.63) is 17.0 Å². The Balaban J connectivity index is 2.89. The molecule has 6 heteroatoms. The molecule has 1 atom stereocenters. The largest absolute Gasteiger partial charge is 0.480 e. The van der Waals surface area contributed by atoms with Crippen LogP contribution in [0, 0.1) is 12.8 Å². The Hall–Kier alpha value is -1.36. The number of nitrogens with one attached hydrogen (secondary N) is 1. The number of aromatic nitrogens is 2. The predicted octanol–water partition coefficient (Wildman–Crippen LogP) is 1.96. The van der Waals surface area contributed by atoms with Gasteiger partial charge in [-0.3, -0.25) is 0 Å². The summed E-state index contributed by atoms with van der Waals surface area (Å²) in [5.41, 5.74) is 0. The van der Waals surface area contributed by atoms with Crippen LogP contribution in [0.2, 0.25) is 5.15 Å². The second-order valence-electron chi connectivity index (χ2n) is 3.83. The standard InChI is InChI=1S/C10H14ClN3O2/c1-5(2)9(10(15)16)14-8-4-7(11)12-6(3)13-8/h4-5,9H,1-3H3,(H,15,16)(H,12,13,14)/t9-/m1/s1. The van der Waals surface area contributed by atoms with Gasteiger partial charge in [0.1, 0.15) is 22.8 Å². The van der Waals surface area contributed by atoms with Crippen LogP contribution in [0.1, 0.15) is 19.7 Å². The Kier molecular flexibility index (Phi) is 4.06. The third-order valence-electron chi connectivity index (χ3n) is 2.04. The molecule has 0 amide bonds. The lowest BCUT2D eigenvalue weighted by atomic mass is 10.1. The summed E-state index contributed by atoms with van der Waals surface area (Å²) >= 11 is 5.75. The van der Waals surface area contributed by atoms with Crippen LogP contribution >= 0.6 is 11.6 Å². The molecule has 1 aromatic rings. The van der Waals surface area contributed by atoms with E-state index < -0.39 is 12.0 Å². The molecule has 1 heterocycles. The molecule has 0 spiro atoms. The normalized spacial score (nSPS) is 12.6. The van der Waals surface area contributed by atoms with Crippen LogP contribution in [-0.2, 0) is 4.79 Å². The minimum atomic E-state index is -0.914. The monoisotopic (exact) mass is 243 g/mol. The van der Waals surface area contributed by atoms with Crippen LogP contribution < -0.4 is 5.32 Å². The first-order chi connectivity index (χ1) is 7.40. The third-order valence-corrected chi connectivity index (χ3v) is 2.24. The number of aliphatic carboxylic acids is 1. The van der Waals surface area contributed by atoms with Crippen LogP contribution in [-0.4, -0.2) is 27.1 Å². The van der Waals surface area contributed by atoms with Crippen LogP contribution in [0.3, 0.4) is 0 Å². The number of nitrogens with zero attached hydrogens (tertiary/aromatic N) is 2. The van der Waals surface area contributed by atoms with Gasteiger partial charge in [0.2, 0.25) is 0 Å². The molecule has 5 nitrogen and oxygen atoms in total. The summed E-state index contributed by atoms with van der Waals surface area (Å²) in [5.74, 6) is -0.0320. The van der Waals surface area contributed by atoms with Gasteiger partial charge in [-0.15, -0.1) is 0 Å². The molecule has 0 saturated carbocycles. The van der Waals surface area contributed by atoms with E-state index in [4.69, 9.17) is 16.7 Å². The lowest BCUT2D eigenvalue weighted by Crippen LogP contribution is -2.34. The molecule has 0 fully saturated rings. The number of hydrogen-bond donors (Lipinski definition) is 2. The Morgan fingerprint density at radius 2 is 2.12 bits per heavy atom. The van der Waals surface area contributed by atoms with Gasteiger partial charge in [-0.25, -0.2) is 14.8 Å². The second-order valence-corrected chi connectivity index (χ2v) is 4.21. The van der Waals surface area contributed by atoms with Gasteiger partial charge < -0.3 is 10.4 Å². The Labute approximate surface area is 98.9 Å². The van der Waals surface area contributed by atoms with Gasteiger partial charge in [0, 0.05) is 6.07 Å². The molecule has 0 saturated heterocycles. The summed E-state index contributed by atoms with van der Waals surface area (Å²) in [7, 11) is 0. The fourth-order valence-electron chi connectivity index (χ4n) is 1.28. The van der Waals surface area contributed by atoms with E-state index in [-0.39, 0.29) is 5.92 Å². The number of anilines is 1. The van der Waals surface area contributed by atoms with Crippen molar-refractivity contribution in [2.75, 3.05) is 5.32 Å². The quantitative estimate of drug-likeness (QED) is 0.791. The maximum absolute atomic E-state index is 11.0. The van der Waals surface area contributed by atoms with E-state index in [0.717, 1.165) is 0 Å². The molecule has 0 radical (unpaired) electrons. The number of aryl methyl sites for hydroxylation is 1. The van der Waals surface area contributed by atoms with E-state index >= 15 is 0 Å². The zero-order chi connectivity index (χ0) is 12.3. The fourth-order valence-corrected chi connectivity index (χ4v) is 1.50. The maximum atomic E-state index is 11.0. The van der Waals surface area contributed by atoms with Crippen LogP contribution in [0.25, 0.3) is 0 Å². The number of carboxylic acid groups (broad SMARTS) is 1. The van der Waals surface area contributed by atoms with Gasteiger partial charge in [-0.2, -0.15) is 0 Å². The molecule has 1 aromatic heterocycles. The van der Waals surface area contributed by atoms with Gasteiger partial charge in [0.15, 0.2) is 0 Å². The van der Waals surface area contributed by atoms with Gasteiger partial charge in [0.25, 0.3) is 0 Å². The number of carbonyl (C=O) groups is 1. The summed E-state index contributed by atoms with van der Waals surface area (Å²) in [6.45, 7) is 5.34. The highest BCUT2D eigenvalue weighted by Crippen LogP contribution is 2.14. The minimum absolute atomic E-state index is 0.0495. The van der Waals surface area contributed by atoms with Crippen molar-refractivity contribution in [1.29, 1.82) is 0 Å². The first-order valence-corrected chi connectivity index (χ1v) is 5.28. The van der Waals surface area contributed by atoms with Gasteiger partial charge >= 0.3 is 5.97 Å². The predicted molar refractivity (Wildman–Crippen MR) is 61.7 cm³/mol. The van der Waals surface area contributed by atoms with E-state index in [2.05, 4.69) is 15.3 Å². The van der Waals surface area contributed by atoms with Gasteiger partial charge in [-0.05, 0) is 12.8 Å². The van der Waals surface area contributed by atoms with Crippen molar-refractivity contribution >= 4 is 23.4 Å². The highest BCUT2D eigenvalue weighted by molar-refractivity contribution is 6.29. The van der Waals surface area contributed by atoms with Gasteiger partial charge in [0.05, 0.1) is 0 Å².